The van der Waals surface area contributed by atoms with Gasteiger partial charge in [-0.3, -0.25) is 9.69 Å². The molecule has 0 aliphatic carbocycles. The van der Waals surface area contributed by atoms with E-state index in [2.05, 4.69) is 15.3 Å². The van der Waals surface area contributed by atoms with Gasteiger partial charge in [0, 0.05) is 30.4 Å². The standard InChI is InChI=1S/C12H10N4OS/c1-16-11(17)9(15-12(16)18)5-7-6-14-10-8(7)3-2-4-13-10/h2-6H,1H3,(H,13,14)(H,15,18). The van der Waals surface area contributed by atoms with Crippen LogP contribution in [0.15, 0.2) is 30.2 Å². The van der Waals surface area contributed by atoms with E-state index in [-0.39, 0.29) is 5.91 Å². The average Bonchev–Trinajstić information content (AvgIpc) is 2.89. The van der Waals surface area contributed by atoms with E-state index in [1.807, 2.05) is 18.3 Å². The van der Waals surface area contributed by atoms with Crippen molar-refractivity contribution in [2.45, 2.75) is 0 Å². The van der Waals surface area contributed by atoms with Gasteiger partial charge in [0.2, 0.25) is 0 Å². The van der Waals surface area contributed by atoms with Gasteiger partial charge in [0.25, 0.3) is 5.91 Å². The lowest BCUT2D eigenvalue weighted by atomic mass is 10.2. The maximum absolute atomic E-state index is 11.9. The lowest BCUT2D eigenvalue weighted by Gasteiger charge is -2.02. The zero-order valence-electron chi connectivity index (χ0n) is 9.60. The monoisotopic (exact) mass is 258 g/mol. The zero-order chi connectivity index (χ0) is 12.7. The van der Waals surface area contributed by atoms with Gasteiger partial charge in [0.1, 0.15) is 11.3 Å². The van der Waals surface area contributed by atoms with Crippen LogP contribution in [0.5, 0.6) is 0 Å². The third-order valence-corrected chi connectivity index (χ3v) is 3.24. The number of H-pyrrole nitrogens is 1. The van der Waals surface area contributed by atoms with Gasteiger partial charge in [-0.15, -0.1) is 0 Å². The molecule has 0 aromatic carbocycles. The number of amides is 1. The van der Waals surface area contributed by atoms with Crippen LogP contribution in [0.2, 0.25) is 0 Å². The molecule has 5 nitrogen and oxygen atoms in total. The number of nitrogens with one attached hydrogen (secondary N) is 2. The van der Waals surface area contributed by atoms with Crippen LogP contribution < -0.4 is 5.32 Å². The van der Waals surface area contributed by atoms with E-state index in [0.29, 0.717) is 10.8 Å². The quantitative estimate of drug-likeness (QED) is 0.597. The first-order valence-corrected chi connectivity index (χ1v) is 5.80. The van der Waals surface area contributed by atoms with Crippen molar-refractivity contribution in [3.8, 4) is 0 Å². The molecule has 0 unspecified atom stereocenters. The predicted octanol–water partition coefficient (Wildman–Crippen LogP) is 1.25. The SMILES string of the molecule is CN1C(=O)C(=Cc2c[nH]c3ncccc23)NC1=S. The van der Waals surface area contributed by atoms with Crippen molar-refractivity contribution in [3.63, 3.8) is 0 Å². The topological polar surface area (TPSA) is 61.0 Å². The minimum Gasteiger partial charge on any atom is -0.346 e. The third-order valence-electron chi connectivity index (χ3n) is 2.86. The van der Waals surface area contributed by atoms with Crippen molar-refractivity contribution in [2.75, 3.05) is 7.05 Å². The molecule has 6 heteroatoms. The summed E-state index contributed by atoms with van der Waals surface area (Å²) in [5.41, 5.74) is 2.19. The lowest BCUT2D eigenvalue weighted by Crippen LogP contribution is -2.25. The molecular weight excluding hydrogens is 248 g/mol. The van der Waals surface area contributed by atoms with E-state index < -0.39 is 0 Å². The smallest absolute Gasteiger partial charge is 0.276 e. The Bertz CT molecular complexity index is 688. The van der Waals surface area contributed by atoms with E-state index in [4.69, 9.17) is 12.2 Å². The molecule has 1 aliphatic rings. The van der Waals surface area contributed by atoms with Gasteiger partial charge in [-0.25, -0.2) is 4.98 Å². The largest absolute Gasteiger partial charge is 0.346 e. The minimum atomic E-state index is -0.127. The molecule has 1 amide bonds. The van der Waals surface area contributed by atoms with Crippen LogP contribution in [0.3, 0.4) is 0 Å². The van der Waals surface area contributed by atoms with E-state index >= 15 is 0 Å². The number of likely N-dealkylation sites (N-methyl/N-ethyl adjacent to an activating group) is 1. The lowest BCUT2D eigenvalue weighted by molar-refractivity contribution is -0.121. The Kier molecular flexibility index (Phi) is 2.38. The number of carbonyl (C=O) groups excluding carboxylic acids is 1. The first-order valence-electron chi connectivity index (χ1n) is 5.39. The summed E-state index contributed by atoms with van der Waals surface area (Å²) < 4.78 is 0. The number of aromatic nitrogens is 2. The molecule has 0 bridgehead atoms. The van der Waals surface area contributed by atoms with Gasteiger partial charge in [-0.05, 0) is 30.4 Å². The maximum atomic E-state index is 11.9. The molecule has 1 aliphatic heterocycles. The fourth-order valence-corrected chi connectivity index (χ4v) is 2.07. The number of hydrogen-bond acceptors (Lipinski definition) is 3. The highest BCUT2D eigenvalue weighted by atomic mass is 32.1. The number of fused-ring (bicyclic) bond motifs is 1. The molecule has 90 valence electrons. The van der Waals surface area contributed by atoms with Crippen molar-refractivity contribution in [1.29, 1.82) is 0 Å². The molecule has 0 saturated carbocycles. The fourth-order valence-electron chi connectivity index (χ4n) is 1.88. The molecule has 3 rings (SSSR count). The molecule has 0 spiro atoms. The molecular formula is C12H10N4OS. The molecule has 3 heterocycles. The van der Waals surface area contributed by atoms with E-state index in [1.165, 1.54) is 4.90 Å². The fraction of sp³-hybridized carbons (Fsp3) is 0.0833. The molecule has 1 saturated heterocycles. The summed E-state index contributed by atoms with van der Waals surface area (Å²) in [5.74, 6) is -0.127. The van der Waals surface area contributed by atoms with E-state index in [0.717, 1.165) is 16.6 Å². The summed E-state index contributed by atoms with van der Waals surface area (Å²) in [7, 11) is 1.65. The second-order valence-electron chi connectivity index (χ2n) is 4.00. The maximum Gasteiger partial charge on any atom is 0.276 e. The number of carbonyl (C=O) groups is 1. The Balaban J connectivity index is 2.07. The summed E-state index contributed by atoms with van der Waals surface area (Å²) in [6, 6.07) is 3.81. The predicted molar refractivity (Wildman–Crippen MR) is 72.6 cm³/mol. The van der Waals surface area contributed by atoms with Crippen molar-refractivity contribution in [2.24, 2.45) is 0 Å². The second kappa shape index (κ2) is 3.92. The highest BCUT2D eigenvalue weighted by molar-refractivity contribution is 7.80. The number of pyridine rings is 1. The van der Waals surface area contributed by atoms with Gasteiger partial charge in [0.05, 0.1) is 0 Å². The Morgan fingerprint density at radius 1 is 1.50 bits per heavy atom. The van der Waals surface area contributed by atoms with Crippen molar-refractivity contribution in [3.05, 3.63) is 35.8 Å². The highest BCUT2D eigenvalue weighted by Gasteiger charge is 2.27. The molecule has 2 aromatic rings. The molecule has 18 heavy (non-hydrogen) atoms. The summed E-state index contributed by atoms with van der Waals surface area (Å²) >= 11 is 5.02. The van der Waals surface area contributed by atoms with Gasteiger partial charge >= 0.3 is 0 Å². The van der Waals surface area contributed by atoms with Crippen LogP contribution in [-0.2, 0) is 4.79 Å². The number of hydrogen-bond donors (Lipinski definition) is 2. The van der Waals surface area contributed by atoms with Gasteiger partial charge in [-0.2, -0.15) is 0 Å². The Morgan fingerprint density at radius 2 is 2.33 bits per heavy atom. The Labute approximate surface area is 109 Å². The normalized spacial score (nSPS) is 17.8. The molecule has 2 aromatic heterocycles. The van der Waals surface area contributed by atoms with Gasteiger partial charge in [-0.1, -0.05) is 0 Å². The summed E-state index contributed by atoms with van der Waals surface area (Å²) in [4.78, 5) is 20.5. The number of nitrogens with zero attached hydrogens (tertiary/aromatic N) is 2. The first-order chi connectivity index (χ1) is 8.66. The highest BCUT2D eigenvalue weighted by Crippen LogP contribution is 2.20. The van der Waals surface area contributed by atoms with Crippen molar-refractivity contribution >= 4 is 40.3 Å². The third kappa shape index (κ3) is 1.58. The Morgan fingerprint density at radius 3 is 3.06 bits per heavy atom. The van der Waals surface area contributed by atoms with Crippen LogP contribution in [0.4, 0.5) is 0 Å². The second-order valence-corrected chi connectivity index (χ2v) is 4.38. The summed E-state index contributed by atoms with van der Waals surface area (Å²) in [6.45, 7) is 0. The van der Waals surface area contributed by atoms with Crippen molar-refractivity contribution < 1.29 is 4.79 Å². The van der Waals surface area contributed by atoms with Crippen LogP contribution in [0.1, 0.15) is 5.56 Å². The minimum absolute atomic E-state index is 0.127. The zero-order valence-corrected chi connectivity index (χ0v) is 10.4. The number of rotatable bonds is 1. The van der Waals surface area contributed by atoms with Crippen molar-refractivity contribution in [1.82, 2.24) is 20.2 Å². The van der Waals surface area contributed by atoms with Gasteiger partial charge in [0.15, 0.2) is 5.11 Å². The van der Waals surface area contributed by atoms with E-state index in [9.17, 15) is 4.79 Å². The van der Waals surface area contributed by atoms with Crippen LogP contribution in [-0.4, -0.2) is 32.9 Å². The Hall–Kier alpha value is -2.21. The van der Waals surface area contributed by atoms with Gasteiger partial charge < -0.3 is 10.3 Å². The summed E-state index contributed by atoms with van der Waals surface area (Å²) in [6.07, 6.45) is 5.32. The van der Waals surface area contributed by atoms with Crippen LogP contribution >= 0.6 is 12.2 Å². The van der Waals surface area contributed by atoms with Crippen LogP contribution in [0, 0.1) is 0 Å². The number of thiocarbonyl (C=S) groups is 1. The molecule has 0 atom stereocenters. The molecule has 0 radical (unpaired) electrons. The van der Waals surface area contributed by atoms with Crippen LogP contribution in [0.25, 0.3) is 17.1 Å². The molecule has 1 fully saturated rings. The first kappa shape index (κ1) is 10.9. The van der Waals surface area contributed by atoms with E-state index in [1.54, 1.807) is 19.3 Å². The average molecular weight is 258 g/mol. The molecule has 2 N–H and O–H groups in total. The summed E-state index contributed by atoms with van der Waals surface area (Å²) in [5, 5.41) is 4.28. The number of aromatic amines is 1.